The van der Waals surface area contributed by atoms with Crippen molar-refractivity contribution >= 4 is 22.7 Å². The van der Waals surface area contributed by atoms with Gasteiger partial charge in [0.15, 0.2) is 17.4 Å². The first kappa shape index (κ1) is 27.7. The van der Waals surface area contributed by atoms with Gasteiger partial charge in [0, 0.05) is 35.8 Å². The lowest BCUT2D eigenvalue weighted by Crippen LogP contribution is -2.36. The zero-order valence-electron chi connectivity index (χ0n) is 21.6. The maximum absolute atomic E-state index is 15.1. The van der Waals surface area contributed by atoms with E-state index >= 15 is 8.78 Å². The maximum Gasteiger partial charge on any atom is 0.396 e. The summed E-state index contributed by atoms with van der Waals surface area (Å²) in [5, 5.41) is 12.5. The number of nitrogens with one attached hydrogen (secondary N) is 2. The van der Waals surface area contributed by atoms with Gasteiger partial charge in [0.05, 0.1) is 23.6 Å². The molecule has 2 aromatic carbocycles. The average molecular weight is 572 g/mol. The Kier molecular flexibility index (Phi) is 7.40. The van der Waals surface area contributed by atoms with E-state index < -0.39 is 42.6 Å². The quantitative estimate of drug-likeness (QED) is 0.243. The topological polar surface area (TPSA) is 105 Å². The molecule has 1 aliphatic heterocycles. The number of aromatic nitrogens is 2. The van der Waals surface area contributed by atoms with Gasteiger partial charge in [0.2, 0.25) is 0 Å². The van der Waals surface area contributed by atoms with Gasteiger partial charge in [-0.3, -0.25) is 0 Å². The predicted molar refractivity (Wildman–Crippen MR) is 140 cm³/mol. The standard InChI is InChI=1S/C28H22F5N5O3/c1-14(2)40-22-4-3-15(7-16(22)10-34)19-12-36-26-24(19)23(5-6-35-26)41-25-20(29)8-18(9-21(25)30)38-27-37-11-17(13-39-27)28(31,32)33/h3-9,12,14,17H,11,13H2,1-2H3,(H,35,36)(H,37,38). The summed E-state index contributed by atoms with van der Waals surface area (Å²) in [5.74, 6) is -4.13. The van der Waals surface area contributed by atoms with Gasteiger partial charge in [0.1, 0.15) is 35.7 Å². The summed E-state index contributed by atoms with van der Waals surface area (Å²) in [7, 11) is 0. The van der Waals surface area contributed by atoms with Gasteiger partial charge in [-0.2, -0.15) is 18.4 Å². The molecule has 2 aromatic heterocycles. The number of aliphatic imine (C=N–C) groups is 1. The first-order chi connectivity index (χ1) is 19.5. The number of hydrogen-bond donors (Lipinski definition) is 2. The molecule has 4 aromatic rings. The van der Waals surface area contributed by atoms with E-state index in [1.807, 2.05) is 13.8 Å². The molecule has 8 nitrogen and oxygen atoms in total. The summed E-state index contributed by atoms with van der Waals surface area (Å²) in [5.41, 5.74) is 1.73. The highest BCUT2D eigenvalue weighted by Crippen LogP contribution is 2.39. The molecule has 2 N–H and O–H groups in total. The van der Waals surface area contributed by atoms with Gasteiger partial charge < -0.3 is 24.5 Å². The molecule has 0 saturated carbocycles. The van der Waals surface area contributed by atoms with Crippen molar-refractivity contribution < 1.29 is 36.2 Å². The second-order valence-electron chi connectivity index (χ2n) is 9.42. The summed E-state index contributed by atoms with van der Waals surface area (Å²) in [4.78, 5) is 10.9. The third kappa shape index (κ3) is 5.86. The monoisotopic (exact) mass is 571 g/mol. The molecule has 0 aliphatic carbocycles. The van der Waals surface area contributed by atoms with Crippen molar-refractivity contribution in [3.63, 3.8) is 0 Å². The number of pyridine rings is 1. The fraction of sp³-hybridized carbons (Fsp3) is 0.250. The average Bonchev–Trinajstić information content (AvgIpc) is 3.35. The Morgan fingerprint density at radius 2 is 1.88 bits per heavy atom. The molecule has 1 aliphatic rings. The normalized spacial score (nSPS) is 15.3. The minimum absolute atomic E-state index is 0.0870. The molecule has 0 spiro atoms. The van der Waals surface area contributed by atoms with Gasteiger partial charge in [-0.1, -0.05) is 6.07 Å². The zero-order chi connectivity index (χ0) is 29.3. The minimum Gasteiger partial charge on any atom is -0.490 e. The highest BCUT2D eigenvalue weighted by atomic mass is 19.4. The first-order valence-corrected chi connectivity index (χ1v) is 12.4. The van der Waals surface area contributed by atoms with Crippen LogP contribution in [0.1, 0.15) is 19.4 Å². The van der Waals surface area contributed by atoms with Gasteiger partial charge >= 0.3 is 6.18 Å². The fourth-order valence-electron chi connectivity index (χ4n) is 4.19. The number of nitriles is 1. The minimum atomic E-state index is -4.46. The second kappa shape index (κ2) is 11.0. The lowest BCUT2D eigenvalue weighted by molar-refractivity contribution is -0.181. The number of rotatable bonds is 6. The number of fused-ring (bicyclic) bond motifs is 1. The highest BCUT2D eigenvalue weighted by molar-refractivity contribution is 5.98. The fourth-order valence-corrected chi connectivity index (χ4v) is 4.19. The molecule has 5 rings (SSSR count). The molecule has 0 fully saturated rings. The summed E-state index contributed by atoms with van der Waals surface area (Å²) in [6.07, 6.45) is -1.57. The SMILES string of the molecule is CC(C)Oc1ccc(-c2c[nH]c3nccc(Oc4c(F)cc(NC5=NCC(C(F)(F)F)CO5)cc4F)c23)cc1C#N. The van der Waals surface area contributed by atoms with Crippen LogP contribution in [0.15, 0.2) is 53.8 Å². The van der Waals surface area contributed by atoms with Gasteiger partial charge in [-0.05, 0) is 37.6 Å². The lowest BCUT2D eigenvalue weighted by atomic mass is 10.0. The molecule has 0 saturated heterocycles. The van der Waals surface area contributed by atoms with E-state index in [1.54, 1.807) is 24.4 Å². The van der Waals surface area contributed by atoms with Crippen LogP contribution in [0.4, 0.5) is 27.6 Å². The van der Waals surface area contributed by atoms with Crippen LogP contribution in [0.5, 0.6) is 17.2 Å². The summed E-state index contributed by atoms with van der Waals surface area (Å²) < 4.78 is 84.9. The van der Waals surface area contributed by atoms with E-state index in [0.717, 1.165) is 12.1 Å². The number of benzene rings is 2. The van der Waals surface area contributed by atoms with Crippen LogP contribution in [0.3, 0.4) is 0 Å². The smallest absolute Gasteiger partial charge is 0.396 e. The summed E-state index contributed by atoms with van der Waals surface area (Å²) in [6.45, 7) is 2.45. The summed E-state index contributed by atoms with van der Waals surface area (Å²) in [6, 6.07) is 10.1. The summed E-state index contributed by atoms with van der Waals surface area (Å²) >= 11 is 0. The van der Waals surface area contributed by atoms with Crippen molar-refractivity contribution in [1.29, 1.82) is 5.26 Å². The molecule has 0 amide bonds. The second-order valence-corrected chi connectivity index (χ2v) is 9.42. The Balaban J connectivity index is 1.43. The number of aromatic amines is 1. The number of H-pyrrole nitrogens is 1. The van der Waals surface area contributed by atoms with Crippen molar-refractivity contribution in [2.75, 3.05) is 18.5 Å². The Morgan fingerprint density at radius 1 is 1.12 bits per heavy atom. The molecule has 1 unspecified atom stereocenters. The largest absolute Gasteiger partial charge is 0.490 e. The zero-order valence-corrected chi connectivity index (χ0v) is 21.6. The third-order valence-corrected chi connectivity index (χ3v) is 6.11. The number of ether oxygens (including phenoxy) is 3. The molecule has 1 atom stereocenters. The number of alkyl halides is 3. The van der Waals surface area contributed by atoms with Crippen molar-refractivity contribution in [1.82, 2.24) is 9.97 Å². The van der Waals surface area contributed by atoms with Crippen LogP contribution in [0, 0.1) is 28.9 Å². The van der Waals surface area contributed by atoms with Gasteiger partial charge in [0.25, 0.3) is 6.02 Å². The molecule has 212 valence electrons. The Morgan fingerprint density at radius 3 is 2.51 bits per heavy atom. The molecule has 3 heterocycles. The highest BCUT2D eigenvalue weighted by Gasteiger charge is 2.41. The molecule has 0 radical (unpaired) electrons. The number of hydrogen-bond acceptors (Lipinski definition) is 7. The van der Waals surface area contributed by atoms with E-state index in [1.165, 1.54) is 12.3 Å². The van der Waals surface area contributed by atoms with Crippen molar-refractivity contribution in [3.8, 4) is 34.4 Å². The van der Waals surface area contributed by atoms with E-state index in [4.69, 9.17) is 14.2 Å². The van der Waals surface area contributed by atoms with Crippen LogP contribution in [0.25, 0.3) is 22.2 Å². The van der Waals surface area contributed by atoms with E-state index in [9.17, 15) is 18.4 Å². The number of amidine groups is 1. The van der Waals surface area contributed by atoms with E-state index in [-0.39, 0.29) is 23.6 Å². The van der Waals surface area contributed by atoms with Crippen LogP contribution in [0.2, 0.25) is 0 Å². The van der Waals surface area contributed by atoms with Crippen molar-refractivity contribution in [2.24, 2.45) is 10.9 Å². The predicted octanol–water partition coefficient (Wildman–Crippen LogP) is 6.94. The van der Waals surface area contributed by atoms with Crippen LogP contribution in [-0.2, 0) is 4.74 Å². The van der Waals surface area contributed by atoms with Crippen molar-refractivity contribution in [2.45, 2.75) is 26.1 Å². The number of halogens is 5. The molecule has 0 bridgehead atoms. The molecular weight excluding hydrogens is 549 g/mol. The number of nitrogens with zero attached hydrogens (tertiary/aromatic N) is 3. The van der Waals surface area contributed by atoms with Gasteiger partial charge in [-0.15, -0.1) is 0 Å². The molecule has 13 heteroatoms. The van der Waals surface area contributed by atoms with Crippen molar-refractivity contribution in [3.05, 3.63) is 66.0 Å². The maximum atomic E-state index is 15.1. The Bertz CT molecular complexity index is 1650. The lowest BCUT2D eigenvalue weighted by Gasteiger charge is -2.24. The van der Waals surface area contributed by atoms with Gasteiger partial charge in [-0.25, -0.2) is 18.8 Å². The van der Waals surface area contributed by atoms with Crippen LogP contribution < -0.4 is 14.8 Å². The first-order valence-electron chi connectivity index (χ1n) is 12.4. The Hall–Kier alpha value is -4.86. The Labute approximate surface area is 230 Å². The molecular formula is C28H22F5N5O3. The van der Waals surface area contributed by atoms with Crippen LogP contribution >= 0.6 is 0 Å². The third-order valence-electron chi connectivity index (χ3n) is 6.11. The number of anilines is 1. The molecule has 41 heavy (non-hydrogen) atoms. The van der Waals surface area contributed by atoms with E-state index in [0.29, 0.717) is 33.5 Å². The van der Waals surface area contributed by atoms with E-state index in [2.05, 4.69) is 26.3 Å². The van der Waals surface area contributed by atoms with Crippen LogP contribution in [-0.4, -0.2) is 41.4 Å².